The van der Waals surface area contributed by atoms with Crippen LogP contribution in [0.1, 0.15) is 41.4 Å². The molecule has 2 aliphatic heterocycles. The molecule has 0 N–H and O–H groups in total. The van der Waals surface area contributed by atoms with Crippen molar-refractivity contribution < 1.29 is 19.2 Å². The second kappa shape index (κ2) is 9.64. The number of hydrogen-bond acceptors (Lipinski definition) is 6. The largest absolute Gasteiger partial charge is 0.268 e. The molecule has 0 atom stereocenters. The molecule has 0 aromatic heterocycles. The molecule has 6 aromatic rings. The molecule has 2 aliphatic rings. The lowest BCUT2D eigenvalue weighted by atomic mass is 10.0. The minimum Gasteiger partial charge on any atom is -0.268 e. The van der Waals surface area contributed by atoms with Gasteiger partial charge in [0, 0.05) is 0 Å². The summed E-state index contributed by atoms with van der Waals surface area (Å²) in [5.74, 6) is -1.46. The first-order valence-electron chi connectivity index (χ1n) is 13.9. The fourth-order valence-corrected chi connectivity index (χ4v) is 5.78. The van der Waals surface area contributed by atoms with Gasteiger partial charge in [-0.25, -0.2) is 9.80 Å². The third kappa shape index (κ3) is 3.93. The van der Waals surface area contributed by atoms with Crippen molar-refractivity contribution in [2.75, 3.05) is 9.80 Å². The summed E-state index contributed by atoms with van der Waals surface area (Å²) in [6, 6.07) is 35.6. The van der Waals surface area contributed by atoms with Crippen molar-refractivity contribution in [1.82, 2.24) is 0 Å². The SMILES string of the molecule is O=C1c2cc3ccccc3cc2C(=O)N1c1ccc(N=Nc2ccc(N3C(=O)c4cc5ccccc5cc4C3=O)cc2)cc1. The summed E-state index contributed by atoms with van der Waals surface area (Å²) < 4.78 is 0. The van der Waals surface area contributed by atoms with E-state index in [4.69, 9.17) is 0 Å². The molecule has 8 rings (SSSR count). The predicted octanol–water partition coefficient (Wildman–Crippen LogP) is 8.01. The highest BCUT2D eigenvalue weighted by Gasteiger charge is 2.38. The van der Waals surface area contributed by atoms with Crippen molar-refractivity contribution in [2.45, 2.75) is 0 Å². The molecule has 0 saturated heterocycles. The Kier molecular flexibility index (Phi) is 5.57. The van der Waals surface area contributed by atoms with Gasteiger partial charge in [-0.2, -0.15) is 10.2 Å². The number of benzene rings is 6. The van der Waals surface area contributed by atoms with E-state index in [1.165, 1.54) is 9.80 Å². The maximum atomic E-state index is 13.1. The monoisotopic (exact) mass is 572 g/mol. The van der Waals surface area contributed by atoms with E-state index in [0.717, 1.165) is 21.5 Å². The maximum absolute atomic E-state index is 13.1. The quantitative estimate of drug-likeness (QED) is 0.158. The zero-order chi connectivity index (χ0) is 29.9. The summed E-state index contributed by atoms with van der Waals surface area (Å²) in [6.07, 6.45) is 0. The second-order valence-corrected chi connectivity index (χ2v) is 10.6. The first kappa shape index (κ1) is 25.4. The standard InChI is InChI=1S/C36H20N4O4/c41-33-29-17-21-5-1-2-6-22(21)18-30(29)34(42)39(33)27-13-9-25(10-14-27)37-38-26-11-15-28(16-12-26)40-35(43)31-19-23-7-3-4-8-24(23)20-32(31)36(40)44/h1-20H. The molecule has 0 spiro atoms. The Labute approximate surface area is 250 Å². The molecule has 8 heteroatoms. The van der Waals surface area contributed by atoms with Crippen molar-refractivity contribution in [3.05, 3.63) is 144 Å². The first-order valence-corrected chi connectivity index (χ1v) is 13.9. The van der Waals surface area contributed by atoms with E-state index in [1.807, 2.05) is 48.5 Å². The van der Waals surface area contributed by atoms with Crippen molar-refractivity contribution >= 4 is 67.9 Å². The highest BCUT2D eigenvalue weighted by atomic mass is 16.2. The van der Waals surface area contributed by atoms with Gasteiger partial charge >= 0.3 is 0 Å². The molecular formula is C36H20N4O4. The molecule has 4 amide bonds. The van der Waals surface area contributed by atoms with Crippen LogP contribution < -0.4 is 9.80 Å². The van der Waals surface area contributed by atoms with E-state index in [-0.39, 0.29) is 23.6 Å². The Morgan fingerprint density at radius 2 is 0.636 bits per heavy atom. The maximum Gasteiger partial charge on any atom is 0.266 e. The number of carbonyl (C=O) groups is 4. The van der Waals surface area contributed by atoms with Crippen molar-refractivity contribution in [2.24, 2.45) is 10.2 Å². The third-order valence-electron chi connectivity index (χ3n) is 8.00. The molecular weight excluding hydrogens is 552 g/mol. The van der Waals surface area contributed by atoms with Crippen LogP contribution in [-0.4, -0.2) is 23.6 Å². The smallest absolute Gasteiger partial charge is 0.266 e. The molecule has 208 valence electrons. The van der Waals surface area contributed by atoms with E-state index >= 15 is 0 Å². The van der Waals surface area contributed by atoms with Crippen LogP contribution in [0.2, 0.25) is 0 Å². The lowest BCUT2D eigenvalue weighted by Crippen LogP contribution is -2.29. The second-order valence-electron chi connectivity index (χ2n) is 10.6. The molecule has 6 aromatic carbocycles. The van der Waals surface area contributed by atoms with Crippen LogP contribution in [0.3, 0.4) is 0 Å². The predicted molar refractivity (Wildman–Crippen MR) is 167 cm³/mol. The number of amides is 4. The van der Waals surface area contributed by atoms with Gasteiger partial charge in [0.2, 0.25) is 0 Å². The Bertz CT molecular complexity index is 1990. The molecule has 2 heterocycles. The number of fused-ring (bicyclic) bond motifs is 4. The lowest BCUT2D eigenvalue weighted by Gasteiger charge is -2.14. The van der Waals surface area contributed by atoms with Crippen molar-refractivity contribution in [3.63, 3.8) is 0 Å². The molecule has 0 unspecified atom stereocenters. The molecule has 8 nitrogen and oxygen atoms in total. The summed E-state index contributed by atoms with van der Waals surface area (Å²) >= 11 is 0. The first-order chi connectivity index (χ1) is 21.5. The van der Waals surface area contributed by atoms with Crippen LogP contribution >= 0.6 is 0 Å². The summed E-state index contributed by atoms with van der Waals surface area (Å²) in [5, 5.41) is 12.1. The van der Waals surface area contributed by atoms with Crippen LogP contribution in [0.15, 0.2) is 132 Å². The van der Waals surface area contributed by atoms with Crippen LogP contribution in [0.25, 0.3) is 21.5 Å². The Hall–Kier alpha value is -6.28. The zero-order valence-electron chi connectivity index (χ0n) is 23.0. The normalized spacial score (nSPS) is 14.4. The van der Waals surface area contributed by atoms with Crippen molar-refractivity contribution in [1.29, 1.82) is 0 Å². The van der Waals surface area contributed by atoms with Gasteiger partial charge in [-0.1, -0.05) is 48.5 Å². The van der Waals surface area contributed by atoms with Crippen LogP contribution in [0, 0.1) is 0 Å². The zero-order valence-corrected chi connectivity index (χ0v) is 23.0. The highest BCUT2D eigenvalue weighted by Crippen LogP contribution is 2.34. The van der Waals surface area contributed by atoms with Gasteiger partial charge in [-0.3, -0.25) is 19.2 Å². The highest BCUT2D eigenvalue weighted by molar-refractivity contribution is 6.36. The van der Waals surface area contributed by atoms with Gasteiger partial charge in [0.1, 0.15) is 0 Å². The number of rotatable bonds is 4. The summed E-state index contributed by atoms with van der Waals surface area (Å²) in [6.45, 7) is 0. The minimum absolute atomic E-state index is 0.364. The fourth-order valence-electron chi connectivity index (χ4n) is 5.78. The van der Waals surface area contributed by atoms with Crippen LogP contribution in [-0.2, 0) is 0 Å². The van der Waals surface area contributed by atoms with E-state index in [1.54, 1.807) is 72.8 Å². The number of nitrogens with zero attached hydrogens (tertiary/aromatic N) is 4. The van der Waals surface area contributed by atoms with E-state index in [2.05, 4.69) is 10.2 Å². The van der Waals surface area contributed by atoms with E-state index in [9.17, 15) is 19.2 Å². The summed E-state index contributed by atoms with van der Waals surface area (Å²) in [5.41, 5.74) is 3.46. The van der Waals surface area contributed by atoms with Crippen LogP contribution in [0.4, 0.5) is 22.7 Å². The summed E-state index contributed by atoms with van der Waals surface area (Å²) in [4.78, 5) is 54.9. The van der Waals surface area contributed by atoms with Crippen LogP contribution in [0.5, 0.6) is 0 Å². The van der Waals surface area contributed by atoms with Gasteiger partial charge in [-0.15, -0.1) is 0 Å². The number of carbonyl (C=O) groups excluding carboxylic acids is 4. The molecule has 0 radical (unpaired) electrons. The topological polar surface area (TPSA) is 99.5 Å². The molecule has 0 bridgehead atoms. The van der Waals surface area contributed by atoms with Crippen molar-refractivity contribution in [3.8, 4) is 0 Å². The fraction of sp³-hybridized carbons (Fsp3) is 0. The number of anilines is 2. The molecule has 44 heavy (non-hydrogen) atoms. The van der Waals surface area contributed by atoms with Gasteiger partial charge < -0.3 is 0 Å². The van der Waals surface area contributed by atoms with E-state index in [0.29, 0.717) is 45.0 Å². The Balaban J connectivity index is 0.991. The molecule has 0 saturated carbocycles. The molecule has 0 aliphatic carbocycles. The average Bonchev–Trinajstić information content (AvgIpc) is 3.45. The molecule has 0 fully saturated rings. The Morgan fingerprint density at radius 1 is 0.364 bits per heavy atom. The van der Waals surface area contributed by atoms with Gasteiger partial charge in [0.05, 0.1) is 45.0 Å². The summed E-state index contributed by atoms with van der Waals surface area (Å²) in [7, 11) is 0. The number of imide groups is 2. The number of hydrogen-bond donors (Lipinski definition) is 0. The number of azo groups is 1. The van der Waals surface area contributed by atoms with Gasteiger partial charge in [-0.05, 0) is 94.3 Å². The Morgan fingerprint density at radius 3 is 0.909 bits per heavy atom. The average molecular weight is 573 g/mol. The van der Waals surface area contributed by atoms with Gasteiger partial charge in [0.15, 0.2) is 0 Å². The minimum atomic E-state index is -0.364. The van der Waals surface area contributed by atoms with Gasteiger partial charge in [0.25, 0.3) is 23.6 Å². The third-order valence-corrected chi connectivity index (χ3v) is 8.00. The van der Waals surface area contributed by atoms with E-state index < -0.39 is 0 Å². The lowest BCUT2D eigenvalue weighted by molar-refractivity contribution is 0.0910.